The standard InChI is InChI=1S/C16H14N2OS/c1-10-5-6-12(11(2)8-10)9-13-16(19)18-15(17-13)14-4-3-7-20-14/h3-9H,1-2H3,(H,17,18,19)/b13-9-. The van der Waals surface area contributed by atoms with E-state index < -0.39 is 0 Å². The average molecular weight is 282 g/mol. The molecule has 4 heteroatoms. The number of rotatable bonds is 2. The number of amidine groups is 1. The number of nitrogens with one attached hydrogen (secondary N) is 1. The topological polar surface area (TPSA) is 41.5 Å². The van der Waals surface area contributed by atoms with E-state index in [4.69, 9.17) is 0 Å². The van der Waals surface area contributed by atoms with Crippen LogP contribution in [0.2, 0.25) is 0 Å². The highest BCUT2D eigenvalue weighted by Gasteiger charge is 2.21. The van der Waals surface area contributed by atoms with E-state index in [2.05, 4.69) is 23.3 Å². The molecule has 3 rings (SSSR count). The van der Waals surface area contributed by atoms with Crippen molar-refractivity contribution in [3.8, 4) is 0 Å². The number of benzene rings is 1. The summed E-state index contributed by atoms with van der Waals surface area (Å²) in [5.41, 5.74) is 3.84. The van der Waals surface area contributed by atoms with E-state index in [0.717, 1.165) is 16.0 Å². The summed E-state index contributed by atoms with van der Waals surface area (Å²) in [5, 5.41) is 4.78. The first kappa shape index (κ1) is 12.8. The van der Waals surface area contributed by atoms with Crippen LogP contribution in [0.25, 0.3) is 6.08 Å². The van der Waals surface area contributed by atoms with Gasteiger partial charge in [0.2, 0.25) is 0 Å². The molecule has 20 heavy (non-hydrogen) atoms. The Morgan fingerprint density at radius 3 is 2.80 bits per heavy atom. The van der Waals surface area contributed by atoms with Gasteiger partial charge in [-0.05, 0) is 42.5 Å². The van der Waals surface area contributed by atoms with Crippen LogP contribution in [0, 0.1) is 13.8 Å². The largest absolute Gasteiger partial charge is 0.304 e. The highest BCUT2D eigenvalue weighted by atomic mass is 32.1. The molecule has 0 aliphatic carbocycles. The van der Waals surface area contributed by atoms with Crippen molar-refractivity contribution in [1.82, 2.24) is 5.32 Å². The maximum Gasteiger partial charge on any atom is 0.275 e. The third kappa shape index (κ3) is 2.42. The third-order valence-electron chi connectivity index (χ3n) is 3.17. The van der Waals surface area contributed by atoms with Crippen molar-refractivity contribution in [3.05, 3.63) is 63.0 Å². The van der Waals surface area contributed by atoms with Crippen LogP contribution < -0.4 is 5.32 Å². The van der Waals surface area contributed by atoms with Crippen LogP contribution in [0.5, 0.6) is 0 Å². The molecule has 1 N–H and O–H groups in total. The van der Waals surface area contributed by atoms with Crippen molar-refractivity contribution in [2.45, 2.75) is 13.8 Å². The van der Waals surface area contributed by atoms with Crippen LogP contribution in [-0.4, -0.2) is 11.7 Å². The van der Waals surface area contributed by atoms with Gasteiger partial charge in [-0.25, -0.2) is 4.99 Å². The lowest BCUT2D eigenvalue weighted by atomic mass is 10.0. The molecule has 1 aromatic carbocycles. The van der Waals surface area contributed by atoms with Gasteiger partial charge in [0, 0.05) is 0 Å². The molecule has 3 nitrogen and oxygen atoms in total. The third-order valence-corrected chi connectivity index (χ3v) is 4.05. The smallest absolute Gasteiger partial charge is 0.275 e. The van der Waals surface area contributed by atoms with Crippen LogP contribution in [0.4, 0.5) is 0 Å². The average Bonchev–Trinajstić information content (AvgIpc) is 3.03. The van der Waals surface area contributed by atoms with Gasteiger partial charge >= 0.3 is 0 Å². The molecule has 0 fully saturated rings. The second-order valence-corrected chi connectivity index (χ2v) is 5.73. The fourth-order valence-electron chi connectivity index (χ4n) is 2.13. The van der Waals surface area contributed by atoms with Gasteiger partial charge in [0.05, 0.1) is 4.88 Å². The Morgan fingerprint density at radius 2 is 2.10 bits per heavy atom. The van der Waals surface area contributed by atoms with Gasteiger partial charge in [-0.2, -0.15) is 0 Å². The van der Waals surface area contributed by atoms with E-state index >= 15 is 0 Å². The number of carbonyl (C=O) groups excluding carboxylic acids is 1. The zero-order chi connectivity index (χ0) is 14.1. The van der Waals surface area contributed by atoms with Gasteiger partial charge < -0.3 is 5.32 Å². The Bertz CT molecular complexity index is 727. The minimum atomic E-state index is -0.145. The maximum absolute atomic E-state index is 12.0. The van der Waals surface area contributed by atoms with Gasteiger partial charge in [-0.15, -0.1) is 11.3 Å². The molecule has 0 unspecified atom stereocenters. The summed E-state index contributed by atoms with van der Waals surface area (Å²) >= 11 is 1.56. The molecule has 0 atom stereocenters. The van der Waals surface area contributed by atoms with Crippen LogP contribution in [-0.2, 0) is 4.79 Å². The minimum absolute atomic E-state index is 0.145. The fraction of sp³-hybridized carbons (Fsp3) is 0.125. The van der Waals surface area contributed by atoms with Crippen LogP contribution in [0.15, 0.2) is 46.4 Å². The zero-order valence-corrected chi connectivity index (χ0v) is 12.1. The van der Waals surface area contributed by atoms with Crippen molar-refractivity contribution in [3.63, 3.8) is 0 Å². The van der Waals surface area contributed by atoms with Crippen molar-refractivity contribution in [1.29, 1.82) is 0 Å². The highest BCUT2D eigenvalue weighted by molar-refractivity contribution is 7.12. The maximum atomic E-state index is 12.0. The monoisotopic (exact) mass is 282 g/mol. The number of aryl methyl sites for hydroxylation is 2. The van der Waals surface area contributed by atoms with Crippen molar-refractivity contribution in [2.24, 2.45) is 4.99 Å². The first-order valence-electron chi connectivity index (χ1n) is 6.36. The number of thiophene rings is 1. The summed E-state index contributed by atoms with van der Waals surface area (Å²) in [4.78, 5) is 17.3. The summed E-state index contributed by atoms with van der Waals surface area (Å²) in [7, 11) is 0. The lowest BCUT2D eigenvalue weighted by Crippen LogP contribution is -2.23. The minimum Gasteiger partial charge on any atom is -0.304 e. The Labute approximate surface area is 121 Å². The van der Waals surface area contributed by atoms with E-state index in [0.29, 0.717) is 11.5 Å². The number of carbonyl (C=O) groups is 1. The quantitative estimate of drug-likeness (QED) is 0.844. The number of hydrogen-bond donors (Lipinski definition) is 1. The second kappa shape index (κ2) is 5.06. The normalized spacial score (nSPS) is 16.4. The number of nitrogens with zero attached hydrogens (tertiary/aromatic N) is 1. The molecule has 1 aliphatic rings. The zero-order valence-electron chi connectivity index (χ0n) is 11.3. The van der Waals surface area contributed by atoms with Crippen molar-refractivity contribution in [2.75, 3.05) is 0 Å². The Balaban J connectivity index is 1.97. The second-order valence-electron chi connectivity index (χ2n) is 4.78. The SMILES string of the molecule is Cc1ccc(/C=C2\N=C(c3cccs3)NC2=O)c(C)c1. The Morgan fingerprint density at radius 1 is 1.25 bits per heavy atom. The summed E-state index contributed by atoms with van der Waals surface area (Å²) in [5.74, 6) is 0.495. The van der Waals surface area contributed by atoms with Crippen LogP contribution in [0.1, 0.15) is 21.6 Å². The summed E-state index contributed by atoms with van der Waals surface area (Å²) in [6, 6.07) is 10.0. The number of hydrogen-bond acceptors (Lipinski definition) is 3. The van der Waals surface area contributed by atoms with Crippen LogP contribution >= 0.6 is 11.3 Å². The van der Waals surface area contributed by atoms with E-state index in [9.17, 15) is 4.79 Å². The van der Waals surface area contributed by atoms with Gasteiger partial charge in [0.25, 0.3) is 5.91 Å². The molecule has 0 spiro atoms. The first-order chi connectivity index (χ1) is 9.63. The summed E-state index contributed by atoms with van der Waals surface area (Å²) < 4.78 is 0. The Kier molecular flexibility index (Phi) is 3.24. The molecule has 1 aromatic heterocycles. The molecule has 0 radical (unpaired) electrons. The van der Waals surface area contributed by atoms with E-state index in [1.54, 1.807) is 11.3 Å². The molecule has 1 aliphatic heterocycles. The lowest BCUT2D eigenvalue weighted by molar-refractivity contribution is -0.115. The van der Waals surface area contributed by atoms with Crippen molar-refractivity contribution >= 4 is 29.2 Å². The predicted molar refractivity (Wildman–Crippen MR) is 82.9 cm³/mol. The Hall–Kier alpha value is -2.20. The van der Waals surface area contributed by atoms with Gasteiger partial charge in [-0.1, -0.05) is 29.8 Å². The number of amides is 1. The van der Waals surface area contributed by atoms with Crippen LogP contribution in [0.3, 0.4) is 0 Å². The molecule has 100 valence electrons. The number of aliphatic imine (C=N–C) groups is 1. The summed E-state index contributed by atoms with van der Waals surface area (Å²) in [6.45, 7) is 4.09. The fourth-order valence-corrected chi connectivity index (χ4v) is 2.80. The summed E-state index contributed by atoms with van der Waals surface area (Å²) in [6.07, 6.45) is 1.84. The molecular weight excluding hydrogens is 268 g/mol. The van der Waals surface area contributed by atoms with Crippen molar-refractivity contribution < 1.29 is 4.79 Å². The van der Waals surface area contributed by atoms with Gasteiger partial charge in [0.1, 0.15) is 5.70 Å². The molecule has 0 saturated carbocycles. The molecule has 1 amide bonds. The van der Waals surface area contributed by atoms with Gasteiger partial charge in [0.15, 0.2) is 5.84 Å². The van der Waals surface area contributed by atoms with E-state index in [1.165, 1.54) is 5.56 Å². The molecule has 0 saturated heterocycles. The highest BCUT2D eigenvalue weighted by Crippen LogP contribution is 2.19. The molecule has 2 aromatic rings. The van der Waals surface area contributed by atoms with Gasteiger partial charge in [-0.3, -0.25) is 4.79 Å². The molecular formula is C16H14N2OS. The first-order valence-corrected chi connectivity index (χ1v) is 7.24. The van der Waals surface area contributed by atoms with E-state index in [-0.39, 0.29) is 5.91 Å². The molecule has 0 bridgehead atoms. The molecule has 2 heterocycles. The van der Waals surface area contributed by atoms with E-state index in [1.807, 2.05) is 42.6 Å². The predicted octanol–water partition coefficient (Wildman–Crippen LogP) is 3.28. The lowest BCUT2D eigenvalue weighted by Gasteiger charge is -2.01.